The average molecular weight is 255 g/mol. The van der Waals surface area contributed by atoms with E-state index in [0.29, 0.717) is 5.56 Å². The third-order valence-electron chi connectivity index (χ3n) is 3.06. The topological polar surface area (TPSA) is 49.0 Å². The lowest BCUT2D eigenvalue weighted by Gasteiger charge is -2.24. The molecule has 1 N–H and O–H groups in total. The van der Waals surface area contributed by atoms with Gasteiger partial charge in [-0.2, -0.15) is 16.9 Å². The molecule has 0 saturated heterocycles. The second-order valence-corrected chi connectivity index (χ2v) is 5.34. The Morgan fingerprint density at radius 2 is 2.18 bits per heavy atom. The highest BCUT2D eigenvalue weighted by atomic mass is 32.2. The molecule has 1 amide bonds. The number of aryl methyl sites for hydroxylation is 2. The average Bonchev–Trinajstić information content (AvgIpc) is 2.64. The van der Waals surface area contributed by atoms with Crippen LogP contribution >= 0.6 is 11.8 Å². The fourth-order valence-corrected chi connectivity index (χ4v) is 2.30. The van der Waals surface area contributed by atoms with Crippen molar-refractivity contribution in [2.75, 3.05) is 19.1 Å². The number of aromatic nitrogens is 2. The Bertz CT molecular complexity index is 370. The number of amides is 1. The summed E-state index contributed by atoms with van der Waals surface area (Å²) in [5.74, 6) is 1.13. The van der Waals surface area contributed by atoms with Gasteiger partial charge in [-0.25, -0.2) is 0 Å². The van der Waals surface area contributed by atoms with Crippen molar-refractivity contribution in [2.45, 2.75) is 33.2 Å². The van der Waals surface area contributed by atoms with Crippen LogP contribution < -0.4 is 0 Å². The molecule has 5 heteroatoms. The van der Waals surface area contributed by atoms with E-state index in [-0.39, 0.29) is 11.9 Å². The monoisotopic (exact) mass is 255 g/mol. The fourth-order valence-electron chi connectivity index (χ4n) is 1.72. The van der Waals surface area contributed by atoms with Gasteiger partial charge in [0, 0.05) is 18.8 Å². The summed E-state index contributed by atoms with van der Waals surface area (Å²) in [4.78, 5) is 14.1. The summed E-state index contributed by atoms with van der Waals surface area (Å²) in [6, 6.07) is 0.253. The van der Waals surface area contributed by atoms with Crippen molar-refractivity contribution in [3.8, 4) is 0 Å². The normalized spacial score (nSPS) is 12.5. The quantitative estimate of drug-likeness (QED) is 0.878. The number of hydrogen-bond acceptors (Lipinski definition) is 3. The van der Waals surface area contributed by atoms with Crippen LogP contribution in [0.15, 0.2) is 0 Å². The first-order chi connectivity index (χ1) is 7.99. The van der Waals surface area contributed by atoms with Gasteiger partial charge in [0.05, 0.1) is 11.3 Å². The first-order valence-corrected chi connectivity index (χ1v) is 7.16. The number of nitrogens with one attached hydrogen (secondary N) is 1. The van der Waals surface area contributed by atoms with Crippen LogP contribution in [0, 0.1) is 13.8 Å². The summed E-state index contributed by atoms with van der Waals surface area (Å²) in [5, 5.41) is 6.92. The molecule has 0 aromatic carbocycles. The van der Waals surface area contributed by atoms with Crippen LogP contribution in [-0.2, 0) is 0 Å². The molecule has 0 bridgehead atoms. The number of carbonyl (C=O) groups is 1. The molecular formula is C12H21N3OS. The van der Waals surface area contributed by atoms with Crippen molar-refractivity contribution in [3.63, 3.8) is 0 Å². The van der Waals surface area contributed by atoms with Crippen molar-refractivity contribution >= 4 is 17.7 Å². The maximum atomic E-state index is 12.3. The molecular weight excluding hydrogens is 234 g/mol. The Kier molecular flexibility index (Phi) is 5.05. The summed E-state index contributed by atoms with van der Waals surface area (Å²) in [6.45, 7) is 5.82. The summed E-state index contributed by atoms with van der Waals surface area (Å²) in [5.41, 5.74) is 2.33. The number of H-pyrrole nitrogens is 1. The van der Waals surface area contributed by atoms with Crippen LogP contribution in [-0.4, -0.2) is 46.1 Å². The largest absolute Gasteiger partial charge is 0.339 e. The van der Waals surface area contributed by atoms with E-state index in [2.05, 4.69) is 23.4 Å². The number of nitrogens with zero attached hydrogens (tertiary/aromatic N) is 2. The second kappa shape index (κ2) is 6.10. The zero-order valence-corrected chi connectivity index (χ0v) is 12.0. The molecule has 0 radical (unpaired) electrons. The van der Waals surface area contributed by atoms with Gasteiger partial charge in [0.1, 0.15) is 0 Å². The van der Waals surface area contributed by atoms with E-state index in [1.54, 1.807) is 16.7 Å². The lowest BCUT2D eigenvalue weighted by molar-refractivity contribution is 0.0740. The van der Waals surface area contributed by atoms with Gasteiger partial charge in [-0.3, -0.25) is 9.89 Å². The predicted octanol–water partition coefficient (Wildman–Crippen LogP) is 2.24. The molecule has 0 spiro atoms. The Hall–Kier alpha value is -0.970. The standard InChI is InChI=1S/C12H21N3OS/c1-8(6-7-17-5)15(4)12(16)11-9(2)13-14-10(11)3/h8H,6-7H2,1-5H3,(H,13,14). The Labute approximate surface area is 107 Å². The van der Waals surface area contributed by atoms with E-state index in [4.69, 9.17) is 0 Å². The Morgan fingerprint density at radius 1 is 1.53 bits per heavy atom. The Balaban J connectivity index is 2.76. The second-order valence-electron chi connectivity index (χ2n) is 4.36. The molecule has 1 unspecified atom stereocenters. The predicted molar refractivity (Wildman–Crippen MR) is 72.6 cm³/mol. The van der Waals surface area contributed by atoms with E-state index in [0.717, 1.165) is 23.6 Å². The molecule has 1 heterocycles. The fraction of sp³-hybridized carbons (Fsp3) is 0.667. The van der Waals surface area contributed by atoms with Crippen molar-refractivity contribution in [3.05, 3.63) is 17.0 Å². The van der Waals surface area contributed by atoms with Gasteiger partial charge in [-0.1, -0.05) is 0 Å². The van der Waals surface area contributed by atoms with Gasteiger partial charge >= 0.3 is 0 Å². The van der Waals surface area contributed by atoms with Crippen molar-refractivity contribution in [1.82, 2.24) is 15.1 Å². The summed E-state index contributed by atoms with van der Waals surface area (Å²) < 4.78 is 0. The van der Waals surface area contributed by atoms with Crippen molar-refractivity contribution in [2.24, 2.45) is 0 Å². The number of rotatable bonds is 5. The molecule has 17 heavy (non-hydrogen) atoms. The van der Waals surface area contributed by atoms with Crippen LogP contribution in [0.5, 0.6) is 0 Å². The van der Waals surface area contributed by atoms with E-state index in [9.17, 15) is 4.79 Å². The molecule has 0 aliphatic carbocycles. The summed E-state index contributed by atoms with van der Waals surface area (Å²) in [7, 11) is 1.86. The van der Waals surface area contributed by atoms with Crippen LogP contribution in [0.4, 0.5) is 0 Å². The molecule has 96 valence electrons. The third kappa shape index (κ3) is 3.25. The van der Waals surface area contributed by atoms with E-state index >= 15 is 0 Å². The van der Waals surface area contributed by atoms with Gasteiger partial charge < -0.3 is 4.90 Å². The highest BCUT2D eigenvalue weighted by Gasteiger charge is 2.22. The highest BCUT2D eigenvalue weighted by Crippen LogP contribution is 2.15. The highest BCUT2D eigenvalue weighted by molar-refractivity contribution is 7.98. The van der Waals surface area contributed by atoms with E-state index < -0.39 is 0 Å². The first kappa shape index (κ1) is 14.1. The zero-order chi connectivity index (χ0) is 13.0. The van der Waals surface area contributed by atoms with Gasteiger partial charge in [-0.05, 0) is 39.2 Å². The number of carbonyl (C=O) groups excluding carboxylic acids is 1. The van der Waals surface area contributed by atoms with Gasteiger partial charge in [0.2, 0.25) is 0 Å². The van der Waals surface area contributed by atoms with Crippen molar-refractivity contribution in [1.29, 1.82) is 0 Å². The lowest BCUT2D eigenvalue weighted by atomic mass is 10.1. The minimum atomic E-state index is 0.0577. The maximum Gasteiger partial charge on any atom is 0.257 e. The number of aromatic amines is 1. The smallest absolute Gasteiger partial charge is 0.257 e. The van der Waals surface area contributed by atoms with Crippen LogP contribution in [0.1, 0.15) is 35.1 Å². The maximum absolute atomic E-state index is 12.3. The molecule has 0 saturated carbocycles. The lowest BCUT2D eigenvalue weighted by Crippen LogP contribution is -2.36. The molecule has 0 aliphatic rings. The zero-order valence-electron chi connectivity index (χ0n) is 11.2. The molecule has 4 nitrogen and oxygen atoms in total. The van der Waals surface area contributed by atoms with Gasteiger partial charge in [-0.15, -0.1) is 0 Å². The van der Waals surface area contributed by atoms with E-state index in [1.165, 1.54) is 0 Å². The molecule has 1 aromatic heterocycles. The van der Waals surface area contributed by atoms with Crippen LogP contribution in [0.25, 0.3) is 0 Å². The molecule has 0 aliphatic heterocycles. The minimum Gasteiger partial charge on any atom is -0.339 e. The van der Waals surface area contributed by atoms with E-state index in [1.807, 2.05) is 20.9 Å². The molecule has 1 rings (SSSR count). The molecule has 1 atom stereocenters. The van der Waals surface area contributed by atoms with Gasteiger partial charge in [0.25, 0.3) is 5.91 Å². The van der Waals surface area contributed by atoms with Crippen LogP contribution in [0.2, 0.25) is 0 Å². The SMILES string of the molecule is CSCCC(C)N(C)C(=O)c1c(C)n[nH]c1C. The molecule has 1 aromatic rings. The van der Waals surface area contributed by atoms with Crippen LogP contribution in [0.3, 0.4) is 0 Å². The number of thioether (sulfide) groups is 1. The minimum absolute atomic E-state index is 0.0577. The first-order valence-electron chi connectivity index (χ1n) is 5.76. The molecule has 0 fully saturated rings. The van der Waals surface area contributed by atoms with Crippen molar-refractivity contribution < 1.29 is 4.79 Å². The number of hydrogen-bond donors (Lipinski definition) is 1. The van der Waals surface area contributed by atoms with Gasteiger partial charge in [0.15, 0.2) is 0 Å². The third-order valence-corrected chi connectivity index (χ3v) is 3.71. The summed E-state index contributed by atoms with van der Waals surface area (Å²) in [6.07, 6.45) is 3.10. The Morgan fingerprint density at radius 3 is 2.65 bits per heavy atom. The summed E-state index contributed by atoms with van der Waals surface area (Å²) >= 11 is 1.81.